The maximum absolute atomic E-state index is 12.7. The van der Waals surface area contributed by atoms with E-state index in [1.165, 1.54) is 10.8 Å². The van der Waals surface area contributed by atoms with Gasteiger partial charge in [0.1, 0.15) is 5.69 Å². The van der Waals surface area contributed by atoms with Crippen LogP contribution in [0.1, 0.15) is 16.9 Å². The van der Waals surface area contributed by atoms with Gasteiger partial charge in [0.15, 0.2) is 0 Å². The SMILES string of the molecule is CNC(=O)[C@]12CCOC[C@H]1CN(C(=O)c1c[nH]c(=O)n1C)C2. The second kappa shape index (κ2) is 5.28. The van der Waals surface area contributed by atoms with E-state index in [4.69, 9.17) is 4.74 Å². The van der Waals surface area contributed by atoms with Gasteiger partial charge in [-0.3, -0.25) is 14.2 Å². The number of H-pyrrole nitrogens is 1. The Morgan fingerprint density at radius 3 is 2.91 bits per heavy atom. The van der Waals surface area contributed by atoms with Crippen molar-refractivity contribution in [2.24, 2.45) is 18.4 Å². The van der Waals surface area contributed by atoms with Crippen molar-refractivity contribution in [3.05, 3.63) is 22.4 Å². The number of hydrogen-bond donors (Lipinski definition) is 2. The molecule has 2 aliphatic rings. The molecule has 22 heavy (non-hydrogen) atoms. The first-order chi connectivity index (χ1) is 10.5. The molecule has 1 aromatic heterocycles. The summed E-state index contributed by atoms with van der Waals surface area (Å²) in [6.07, 6.45) is 2.02. The van der Waals surface area contributed by atoms with E-state index < -0.39 is 5.41 Å². The highest BCUT2D eigenvalue weighted by atomic mass is 16.5. The third kappa shape index (κ3) is 2.06. The molecule has 2 fully saturated rings. The lowest BCUT2D eigenvalue weighted by atomic mass is 9.73. The monoisotopic (exact) mass is 308 g/mol. The lowest BCUT2D eigenvalue weighted by molar-refractivity contribution is -0.138. The molecule has 0 aromatic carbocycles. The van der Waals surface area contributed by atoms with Crippen LogP contribution < -0.4 is 11.0 Å². The summed E-state index contributed by atoms with van der Waals surface area (Å²) in [7, 11) is 3.16. The van der Waals surface area contributed by atoms with Gasteiger partial charge >= 0.3 is 5.69 Å². The Kier molecular flexibility index (Phi) is 3.56. The number of carbonyl (C=O) groups excluding carboxylic acids is 2. The largest absolute Gasteiger partial charge is 0.381 e. The molecule has 2 atom stereocenters. The van der Waals surface area contributed by atoms with Crippen LogP contribution in [0, 0.1) is 11.3 Å². The van der Waals surface area contributed by atoms with Crippen molar-refractivity contribution in [2.45, 2.75) is 6.42 Å². The summed E-state index contributed by atoms with van der Waals surface area (Å²) in [5.74, 6) is -0.293. The number of nitrogens with zero attached hydrogens (tertiary/aromatic N) is 2. The molecule has 0 spiro atoms. The van der Waals surface area contributed by atoms with Gasteiger partial charge in [-0.15, -0.1) is 0 Å². The van der Waals surface area contributed by atoms with Crippen LogP contribution in [0.2, 0.25) is 0 Å². The van der Waals surface area contributed by atoms with E-state index >= 15 is 0 Å². The normalized spacial score (nSPS) is 27.5. The maximum atomic E-state index is 12.7. The number of carbonyl (C=O) groups is 2. The summed E-state index contributed by atoms with van der Waals surface area (Å²) < 4.78 is 6.77. The summed E-state index contributed by atoms with van der Waals surface area (Å²) in [5, 5.41) is 2.72. The number of imidazole rings is 1. The van der Waals surface area contributed by atoms with Crippen LogP contribution in [0.5, 0.6) is 0 Å². The van der Waals surface area contributed by atoms with Crippen LogP contribution >= 0.6 is 0 Å². The molecule has 0 radical (unpaired) electrons. The lowest BCUT2D eigenvalue weighted by Crippen LogP contribution is -2.49. The van der Waals surface area contributed by atoms with E-state index in [-0.39, 0.29) is 23.4 Å². The number of hydrogen-bond acceptors (Lipinski definition) is 4. The van der Waals surface area contributed by atoms with Crippen LogP contribution in [0.15, 0.2) is 11.0 Å². The number of fused-ring (bicyclic) bond motifs is 1. The highest BCUT2D eigenvalue weighted by molar-refractivity contribution is 5.94. The molecule has 0 saturated carbocycles. The van der Waals surface area contributed by atoms with Gasteiger partial charge in [-0.25, -0.2) is 4.79 Å². The number of rotatable bonds is 2. The Hall–Kier alpha value is -2.09. The predicted octanol–water partition coefficient (Wildman–Crippen LogP) is -1.06. The van der Waals surface area contributed by atoms with Gasteiger partial charge in [-0.05, 0) is 6.42 Å². The molecule has 2 amide bonds. The van der Waals surface area contributed by atoms with Crippen molar-refractivity contribution in [2.75, 3.05) is 33.4 Å². The Morgan fingerprint density at radius 1 is 1.50 bits per heavy atom. The van der Waals surface area contributed by atoms with Crippen LogP contribution in [-0.4, -0.2) is 59.6 Å². The molecule has 0 bridgehead atoms. The van der Waals surface area contributed by atoms with Gasteiger partial charge in [-0.1, -0.05) is 0 Å². The quantitative estimate of drug-likeness (QED) is 0.728. The average molecular weight is 308 g/mol. The molecule has 3 heterocycles. The predicted molar refractivity (Wildman–Crippen MR) is 77.4 cm³/mol. The Labute approximate surface area is 127 Å². The maximum Gasteiger partial charge on any atom is 0.325 e. The molecule has 2 N–H and O–H groups in total. The van der Waals surface area contributed by atoms with E-state index in [1.807, 2.05) is 0 Å². The Morgan fingerprint density at radius 2 is 2.27 bits per heavy atom. The van der Waals surface area contributed by atoms with E-state index in [0.717, 1.165) is 0 Å². The van der Waals surface area contributed by atoms with Crippen molar-refractivity contribution in [1.29, 1.82) is 0 Å². The molecule has 0 unspecified atom stereocenters. The Balaban J connectivity index is 1.88. The molecular formula is C14H20N4O4. The second-order valence-corrected chi connectivity index (χ2v) is 5.98. The third-order valence-electron chi connectivity index (χ3n) is 4.89. The van der Waals surface area contributed by atoms with E-state index in [2.05, 4.69) is 10.3 Å². The zero-order chi connectivity index (χ0) is 15.9. The van der Waals surface area contributed by atoms with Crippen LogP contribution in [0.3, 0.4) is 0 Å². The number of aromatic nitrogens is 2. The number of nitrogens with one attached hydrogen (secondary N) is 2. The fourth-order valence-electron chi connectivity index (χ4n) is 3.53. The minimum Gasteiger partial charge on any atom is -0.381 e. The number of amides is 2. The summed E-state index contributed by atoms with van der Waals surface area (Å²) in [6, 6.07) is 0. The second-order valence-electron chi connectivity index (χ2n) is 5.98. The number of ether oxygens (including phenoxy) is 1. The smallest absolute Gasteiger partial charge is 0.325 e. The zero-order valence-corrected chi connectivity index (χ0v) is 12.7. The minimum absolute atomic E-state index is 0.0129. The highest BCUT2D eigenvalue weighted by Gasteiger charge is 2.54. The summed E-state index contributed by atoms with van der Waals surface area (Å²) in [6.45, 7) is 1.82. The summed E-state index contributed by atoms with van der Waals surface area (Å²) >= 11 is 0. The minimum atomic E-state index is -0.585. The van der Waals surface area contributed by atoms with Crippen molar-refractivity contribution in [1.82, 2.24) is 19.8 Å². The Bertz CT molecular complexity index is 664. The third-order valence-corrected chi connectivity index (χ3v) is 4.89. The molecule has 2 aliphatic heterocycles. The van der Waals surface area contributed by atoms with Crippen LogP contribution in [-0.2, 0) is 16.6 Å². The standard InChI is InChI=1S/C14H20N4O4/c1-15-12(20)14-3-4-22-7-9(14)6-18(8-14)11(19)10-5-16-13(21)17(10)2/h5,9H,3-4,6-8H2,1-2H3,(H,15,20)(H,16,21)/t9-,14+/m1/s1. The van der Waals surface area contributed by atoms with Gasteiger partial charge in [-0.2, -0.15) is 0 Å². The highest BCUT2D eigenvalue weighted by Crippen LogP contribution is 2.42. The molecule has 8 heteroatoms. The fraction of sp³-hybridized carbons (Fsp3) is 0.643. The van der Waals surface area contributed by atoms with Gasteiger partial charge in [0.2, 0.25) is 5.91 Å². The lowest BCUT2D eigenvalue weighted by Gasteiger charge is -2.36. The van der Waals surface area contributed by atoms with E-state index in [9.17, 15) is 14.4 Å². The van der Waals surface area contributed by atoms with Gasteiger partial charge in [0.25, 0.3) is 5.91 Å². The van der Waals surface area contributed by atoms with E-state index in [0.29, 0.717) is 38.4 Å². The molecule has 1 aromatic rings. The topological polar surface area (TPSA) is 96.4 Å². The van der Waals surface area contributed by atoms with Crippen molar-refractivity contribution in [3.8, 4) is 0 Å². The molecule has 8 nitrogen and oxygen atoms in total. The molecule has 3 rings (SSSR count). The molecular weight excluding hydrogens is 288 g/mol. The van der Waals surface area contributed by atoms with Gasteiger partial charge < -0.3 is 19.9 Å². The van der Waals surface area contributed by atoms with Crippen LogP contribution in [0.4, 0.5) is 0 Å². The first kappa shape index (κ1) is 14.8. The van der Waals surface area contributed by atoms with E-state index in [1.54, 1.807) is 19.0 Å². The van der Waals surface area contributed by atoms with Crippen molar-refractivity contribution >= 4 is 11.8 Å². The van der Waals surface area contributed by atoms with Gasteiger partial charge in [0, 0.05) is 45.9 Å². The fourth-order valence-corrected chi connectivity index (χ4v) is 3.53. The van der Waals surface area contributed by atoms with Gasteiger partial charge in [0.05, 0.1) is 12.0 Å². The zero-order valence-electron chi connectivity index (χ0n) is 12.7. The van der Waals surface area contributed by atoms with Crippen molar-refractivity contribution < 1.29 is 14.3 Å². The number of likely N-dealkylation sites (tertiary alicyclic amines) is 1. The first-order valence-corrected chi connectivity index (χ1v) is 7.33. The molecule has 2 saturated heterocycles. The van der Waals surface area contributed by atoms with Crippen molar-refractivity contribution in [3.63, 3.8) is 0 Å². The summed E-state index contributed by atoms with van der Waals surface area (Å²) in [5.41, 5.74) is -0.612. The first-order valence-electron chi connectivity index (χ1n) is 7.33. The summed E-state index contributed by atoms with van der Waals surface area (Å²) in [4.78, 5) is 40.7. The number of aromatic amines is 1. The molecule has 0 aliphatic carbocycles. The average Bonchev–Trinajstić information content (AvgIpc) is 3.08. The van der Waals surface area contributed by atoms with Crippen LogP contribution in [0.25, 0.3) is 0 Å². The molecule has 120 valence electrons.